The minimum atomic E-state index is -0.445. The fourth-order valence-electron chi connectivity index (χ4n) is 8.26. The molecule has 0 saturated carbocycles. The Kier molecular flexibility index (Phi) is 8.05. The predicted octanol–water partition coefficient (Wildman–Crippen LogP) is 3.83. The van der Waals surface area contributed by atoms with Crippen molar-refractivity contribution in [2.24, 2.45) is 12.5 Å². The second-order valence-electron chi connectivity index (χ2n) is 14.2. The van der Waals surface area contributed by atoms with E-state index >= 15 is 0 Å². The van der Waals surface area contributed by atoms with Crippen LogP contribution in [0.2, 0.25) is 0 Å². The van der Waals surface area contributed by atoms with Crippen LogP contribution in [0.25, 0.3) is 27.9 Å². The number of likely N-dealkylation sites (tertiary alicyclic amines) is 2. The van der Waals surface area contributed by atoms with Crippen LogP contribution in [0.15, 0.2) is 54.9 Å². The van der Waals surface area contributed by atoms with Crippen molar-refractivity contribution in [3.63, 3.8) is 0 Å². The molecule has 4 aliphatic rings. The molecule has 1 spiro atoms. The van der Waals surface area contributed by atoms with Gasteiger partial charge in [0.1, 0.15) is 6.33 Å². The van der Waals surface area contributed by atoms with Gasteiger partial charge in [-0.15, -0.1) is 0 Å². The lowest BCUT2D eigenvalue weighted by molar-refractivity contribution is -0.132. The summed E-state index contributed by atoms with van der Waals surface area (Å²) in [7, 11) is 1.86. The summed E-state index contributed by atoms with van der Waals surface area (Å²) in [4.78, 5) is 51.5. The zero-order valence-corrected chi connectivity index (χ0v) is 28.3. The van der Waals surface area contributed by atoms with Crippen molar-refractivity contribution in [3.05, 3.63) is 66.1 Å². The van der Waals surface area contributed by atoms with Gasteiger partial charge in [-0.05, 0) is 68.0 Å². The molecular formula is C37H43N9O3. The first-order valence-electron chi connectivity index (χ1n) is 17.5. The number of aromatic nitrogens is 5. The van der Waals surface area contributed by atoms with Crippen molar-refractivity contribution in [3.8, 4) is 11.4 Å². The first kappa shape index (κ1) is 31.4. The van der Waals surface area contributed by atoms with Gasteiger partial charge in [-0.2, -0.15) is 10.2 Å². The minimum absolute atomic E-state index is 0.123. The standard InChI is InChI=1S/C37H43N9O3/c1-25(47)44-15-11-28(12-16-44)34-31-21-30(7-8-32(31)39-40-34)46-20-14-37(36(46)49)13-19-43(23-37)22-33(48)45-17-9-27(10-18-45)26-3-5-29(6-4-26)35-38-24-42(2)41-35/h3-9,21,24,28H,10-20,22-23H2,1-2H3,(H,39,40)/t37-/m0/s1. The van der Waals surface area contributed by atoms with Crippen LogP contribution in [0, 0.1) is 5.41 Å². The number of nitrogens with zero attached hydrogens (tertiary/aromatic N) is 8. The number of rotatable bonds is 6. The van der Waals surface area contributed by atoms with Gasteiger partial charge in [-0.25, -0.2) is 4.98 Å². The lowest BCUT2D eigenvalue weighted by Gasteiger charge is -2.30. The molecule has 4 aliphatic heterocycles. The van der Waals surface area contributed by atoms with E-state index in [-0.39, 0.29) is 23.6 Å². The molecule has 1 N–H and O–H groups in total. The Bertz CT molecular complexity index is 1940. The van der Waals surface area contributed by atoms with E-state index in [1.807, 2.05) is 46.0 Å². The highest BCUT2D eigenvalue weighted by atomic mass is 16.2. The van der Waals surface area contributed by atoms with Crippen molar-refractivity contribution < 1.29 is 14.4 Å². The third-order valence-corrected chi connectivity index (χ3v) is 11.2. The van der Waals surface area contributed by atoms with Crippen LogP contribution in [0.4, 0.5) is 5.69 Å². The number of hydrogen-bond donors (Lipinski definition) is 1. The summed E-state index contributed by atoms with van der Waals surface area (Å²) in [6.45, 7) is 6.80. The molecule has 2 aromatic heterocycles. The van der Waals surface area contributed by atoms with E-state index in [0.29, 0.717) is 38.5 Å². The Morgan fingerprint density at radius 3 is 2.45 bits per heavy atom. The third kappa shape index (κ3) is 5.92. The van der Waals surface area contributed by atoms with Crippen molar-refractivity contribution in [2.75, 3.05) is 57.3 Å². The second-order valence-corrected chi connectivity index (χ2v) is 14.2. The van der Waals surface area contributed by atoms with Crippen molar-refractivity contribution in [2.45, 2.75) is 44.9 Å². The van der Waals surface area contributed by atoms with Gasteiger partial charge >= 0.3 is 0 Å². The number of aryl methyl sites for hydroxylation is 1. The molecule has 4 aromatic rings. The number of benzene rings is 2. The molecule has 254 valence electrons. The number of anilines is 1. The maximum Gasteiger partial charge on any atom is 0.237 e. The van der Waals surface area contributed by atoms with E-state index in [1.165, 1.54) is 5.57 Å². The van der Waals surface area contributed by atoms with E-state index in [0.717, 1.165) is 85.1 Å². The average molecular weight is 662 g/mol. The van der Waals surface area contributed by atoms with Gasteiger partial charge in [0, 0.05) is 75.8 Å². The number of nitrogens with one attached hydrogen (secondary N) is 1. The van der Waals surface area contributed by atoms with Gasteiger partial charge in [-0.1, -0.05) is 30.3 Å². The number of H-pyrrole nitrogens is 1. The summed E-state index contributed by atoms with van der Waals surface area (Å²) >= 11 is 0. The molecule has 12 heteroatoms. The first-order chi connectivity index (χ1) is 23.8. The molecular weight excluding hydrogens is 618 g/mol. The number of carbonyl (C=O) groups excluding carboxylic acids is 3. The SMILES string of the molecule is CC(=O)N1CCC(c2n[nH]c3ccc(N4CC[C@]5(CCN(CC(=O)N6CC=C(c7ccc(-c8ncn(C)n8)cc7)CC6)C5)C4=O)cc23)CC1. The largest absolute Gasteiger partial charge is 0.343 e. The molecule has 0 aliphatic carbocycles. The quantitative estimate of drug-likeness (QED) is 0.333. The predicted molar refractivity (Wildman–Crippen MR) is 186 cm³/mol. The fraction of sp³-hybridized carbons (Fsp3) is 0.459. The molecule has 8 rings (SSSR count). The second kappa shape index (κ2) is 12.6. The molecule has 6 heterocycles. The Labute approximate surface area is 285 Å². The molecule has 2 aromatic carbocycles. The zero-order chi connectivity index (χ0) is 33.7. The average Bonchev–Trinajstić information content (AvgIpc) is 3.92. The summed E-state index contributed by atoms with van der Waals surface area (Å²) in [6, 6.07) is 14.5. The van der Waals surface area contributed by atoms with E-state index in [1.54, 1.807) is 17.9 Å². The van der Waals surface area contributed by atoms with E-state index in [9.17, 15) is 14.4 Å². The van der Waals surface area contributed by atoms with Gasteiger partial charge in [0.05, 0.1) is 23.2 Å². The smallest absolute Gasteiger partial charge is 0.237 e. The summed E-state index contributed by atoms with van der Waals surface area (Å²) < 4.78 is 1.70. The van der Waals surface area contributed by atoms with Crippen LogP contribution in [-0.2, 0) is 21.4 Å². The van der Waals surface area contributed by atoms with Crippen LogP contribution in [-0.4, -0.2) is 110 Å². The number of aromatic amines is 1. The van der Waals surface area contributed by atoms with Gasteiger partial charge < -0.3 is 14.7 Å². The number of fused-ring (bicyclic) bond motifs is 1. The highest BCUT2D eigenvalue weighted by molar-refractivity contribution is 6.02. The maximum absolute atomic E-state index is 14.0. The van der Waals surface area contributed by atoms with Crippen molar-refractivity contribution in [1.82, 2.24) is 39.7 Å². The fourth-order valence-corrected chi connectivity index (χ4v) is 8.26. The van der Waals surface area contributed by atoms with Gasteiger partial charge in [-0.3, -0.25) is 29.1 Å². The number of carbonyl (C=O) groups is 3. The van der Waals surface area contributed by atoms with E-state index < -0.39 is 5.41 Å². The molecule has 49 heavy (non-hydrogen) atoms. The number of piperidine rings is 1. The van der Waals surface area contributed by atoms with Gasteiger partial charge in [0.2, 0.25) is 17.7 Å². The van der Waals surface area contributed by atoms with E-state index in [2.05, 4.69) is 49.5 Å². The Hall–Kier alpha value is -4.84. The minimum Gasteiger partial charge on any atom is -0.343 e. The normalized spacial score (nSPS) is 22.1. The van der Waals surface area contributed by atoms with Crippen molar-refractivity contribution >= 4 is 39.9 Å². The van der Waals surface area contributed by atoms with Crippen molar-refractivity contribution in [1.29, 1.82) is 0 Å². The number of amides is 3. The van der Waals surface area contributed by atoms with Gasteiger partial charge in [0.25, 0.3) is 0 Å². The van der Waals surface area contributed by atoms with Crippen LogP contribution < -0.4 is 4.90 Å². The Morgan fingerprint density at radius 2 is 1.73 bits per heavy atom. The van der Waals surface area contributed by atoms with Crippen LogP contribution in [0.5, 0.6) is 0 Å². The molecule has 3 fully saturated rings. The zero-order valence-electron chi connectivity index (χ0n) is 28.3. The summed E-state index contributed by atoms with van der Waals surface area (Å²) in [6.07, 6.45) is 8.01. The molecule has 0 radical (unpaired) electrons. The van der Waals surface area contributed by atoms with Crippen LogP contribution in [0.1, 0.15) is 56.2 Å². The lowest BCUT2D eigenvalue weighted by Crippen LogP contribution is -2.43. The van der Waals surface area contributed by atoms with Gasteiger partial charge in [0.15, 0.2) is 5.82 Å². The van der Waals surface area contributed by atoms with Crippen LogP contribution in [0.3, 0.4) is 0 Å². The molecule has 3 saturated heterocycles. The topological polar surface area (TPSA) is 124 Å². The Balaban J connectivity index is 0.875. The summed E-state index contributed by atoms with van der Waals surface area (Å²) in [5.41, 5.74) is 5.86. The maximum atomic E-state index is 14.0. The highest BCUT2D eigenvalue weighted by Gasteiger charge is 2.51. The molecule has 0 bridgehead atoms. The molecule has 3 amide bonds. The highest BCUT2D eigenvalue weighted by Crippen LogP contribution is 2.43. The van der Waals surface area contributed by atoms with E-state index in [4.69, 9.17) is 0 Å². The molecule has 12 nitrogen and oxygen atoms in total. The monoisotopic (exact) mass is 661 g/mol. The molecule has 1 atom stereocenters. The summed E-state index contributed by atoms with van der Waals surface area (Å²) in [5.74, 6) is 1.41. The third-order valence-electron chi connectivity index (χ3n) is 11.2. The Morgan fingerprint density at radius 1 is 0.959 bits per heavy atom. The summed E-state index contributed by atoms with van der Waals surface area (Å²) in [5, 5.41) is 13.3. The lowest BCUT2D eigenvalue weighted by atomic mass is 9.85. The number of hydrogen-bond acceptors (Lipinski definition) is 7. The first-order valence-corrected chi connectivity index (χ1v) is 17.5. The molecule has 0 unspecified atom stereocenters. The van der Waals surface area contributed by atoms with Crippen LogP contribution >= 0.6 is 0 Å².